The lowest BCUT2D eigenvalue weighted by Gasteiger charge is -2.09. The Kier molecular flexibility index (Phi) is 5.42. The average molecular weight is 477 g/mol. The van der Waals surface area contributed by atoms with Crippen LogP contribution in [0.25, 0.3) is 28.6 Å². The summed E-state index contributed by atoms with van der Waals surface area (Å²) in [5, 5.41) is 26.8. The van der Waals surface area contributed by atoms with Gasteiger partial charge >= 0.3 is 0 Å². The monoisotopic (exact) mass is 477 g/mol. The van der Waals surface area contributed by atoms with Gasteiger partial charge in [0.15, 0.2) is 5.16 Å². The molecule has 5 aromatic rings. The average Bonchev–Trinajstić information content (AvgIpc) is 3.56. The van der Waals surface area contributed by atoms with E-state index in [1.807, 2.05) is 24.5 Å². The summed E-state index contributed by atoms with van der Waals surface area (Å²) >= 11 is 1.10. The summed E-state index contributed by atoms with van der Waals surface area (Å²) in [7, 11) is 0. The highest BCUT2D eigenvalue weighted by Crippen LogP contribution is 2.37. The van der Waals surface area contributed by atoms with E-state index in [9.17, 15) is 14.5 Å². The van der Waals surface area contributed by atoms with Gasteiger partial charge in [-0.1, -0.05) is 0 Å². The molecule has 3 aromatic heterocycles. The Morgan fingerprint density at radius 3 is 2.56 bits per heavy atom. The SMILES string of the molecule is Cc1cc(-c2nnc(-c3ccc(Sc4ncn[nH]4)c([N+](=O)[O-])c3)o2)c(C)n1-c1ccc(F)cc1. The maximum atomic E-state index is 13.3. The van der Waals surface area contributed by atoms with Crippen LogP contribution in [0.1, 0.15) is 11.4 Å². The molecule has 0 saturated carbocycles. The van der Waals surface area contributed by atoms with Crippen LogP contribution < -0.4 is 0 Å². The maximum absolute atomic E-state index is 13.3. The number of benzene rings is 2. The van der Waals surface area contributed by atoms with Crippen LogP contribution in [0.4, 0.5) is 10.1 Å². The van der Waals surface area contributed by atoms with E-state index in [1.54, 1.807) is 24.3 Å². The number of rotatable bonds is 6. The minimum Gasteiger partial charge on any atom is -0.416 e. The second-order valence-electron chi connectivity index (χ2n) is 7.34. The predicted octanol–water partition coefficient (Wildman–Crippen LogP) is 5.13. The number of nitro benzene ring substituents is 1. The van der Waals surface area contributed by atoms with Gasteiger partial charge in [-0.2, -0.15) is 5.10 Å². The van der Waals surface area contributed by atoms with E-state index in [-0.39, 0.29) is 23.3 Å². The van der Waals surface area contributed by atoms with Crippen LogP contribution in [0, 0.1) is 29.8 Å². The van der Waals surface area contributed by atoms with Gasteiger partial charge in [0.25, 0.3) is 5.69 Å². The lowest BCUT2D eigenvalue weighted by atomic mass is 10.2. The van der Waals surface area contributed by atoms with E-state index in [0.717, 1.165) is 28.8 Å². The topological polar surface area (TPSA) is 129 Å². The fourth-order valence-corrected chi connectivity index (χ4v) is 4.42. The van der Waals surface area contributed by atoms with Crippen molar-refractivity contribution in [3.63, 3.8) is 0 Å². The Morgan fingerprint density at radius 2 is 1.85 bits per heavy atom. The third-order valence-corrected chi connectivity index (χ3v) is 6.13. The fourth-order valence-electron chi connectivity index (χ4n) is 3.64. The highest BCUT2D eigenvalue weighted by atomic mass is 32.2. The molecular weight excluding hydrogens is 461 g/mol. The van der Waals surface area contributed by atoms with E-state index in [1.165, 1.54) is 24.5 Å². The number of halogens is 1. The molecule has 12 heteroatoms. The first-order chi connectivity index (χ1) is 16.4. The second kappa shape index (κ2) is 8.56. The molecular formula is C22H16FN7O3S. The van der Waals surface area contributed by atoms with Crippen molar-refractivity contribution >= 4 is 17.4 Å². The number of aromatic amines is 1. The molecule has 5 rings (SSSR count). The minimum absolute atomic E-state index is 0.117. The number of nitrogens with one attached hydrogen (secondary N) is 1. The molecule has 3 heterocycles. The number of hydrogen-bond acceptors (Lipinski definition) is 8. The van der Waals surface area contributed by atoms with E-state index < -0.39 is 4.92 Å². The molecule has 0 radical (unpaired) electrons. The van der Waals surface area contributed by atoms with Gasteiger partial charge in [-0.25, -0.2) is 9.37 Å². The van der Waals surface area contributed by atoms with Gasteiger partial charge in [-0.05, 0) is 68.1 Å². The van der Waals surface area contributed by atoms with E-state index in [4.69, 9.17) is 4.42 Å². The largest absolute Gasteiger partial charge is 0.416 e. The van der Waals surface area contributed by atoms with Gasteiger partial charge in [0.2, 0.25) is 11.8 Å². The van der Waals surface area contributed by atoms with E-state index in [2.05, 4.69) is 25.4 Å². The zero-order chi connectivity index (χ0) is 23.8. The van der Waals surface area contributed by atoms with Crippen LogP contribution in [0.5, 0.6) is 0 Å². The highest BCUT2D eigenvalue weighted by Gasteiger charge is 2.22. The lowest BCUT2D eigenvalue weighted by Crippen LogP contribution is -1.99. The maximum Gasteiger partial charge on any atom is 0.284 e. The zero-order valence-corrected chi connectivity index (χ0v) is 18.7. The first-order valence-corrected chi connectivity index (χ1v) is 10.8. The molecule has 0 aliphatic carbocycles. The van der Waals surface area contributed by atoms with Gasteiger partial charge in [0.1, 0.15) is 12.1 Å². The van der Waals surface area contributed by atoms with Gasteiger partial charge in [0, 0.05) is 28.7 Å². The molecule has 0 fully saturated rings. The van der Waals surface area contributed by atoms with Crippen LogP contribution in [-0.2, 0) is 0 Å². The molecule has 0 amide bonds. The summed E-state index contributed by atoms with van der Waals surface area (Å²) in [6.07, 6.45) is 1.33. The number of H-pyrrole nitrogens is 1. The molecule has 0 aliphatic rings. The molecule has 10 nitrogen and oxygen atoms in total. The molecule has 34 heavy (non-hydrogen) atoms. The van der Waals surface area contributed by atoms with Crippen molar-refractivity contribution in [2.24, 2.45) is 0 Å². The lowest BCUT2D eigenvalue weighted by molar-refractivity contribution is -0.387. The van der Waals surface area contributed by atoms with Crippen molar-refractivity contribution < 1.29 is 13.7 Å². The first-order valence-electron chi connectivity index (χ1n) is 10.0. The number of aryl methyl sites for hydroxylation is 1. The Labute approximate surface area is 196 Å². The van der Waals surface area contributed by atoms with Crippen molar-refractivity contribution in [1.29, 1.82) is 0 Å². The summed E-state index contributed by atoms with van der Waals surface area (Å²) in [6.45, 7) is 3.82. The van der Waals surface area contributed by atoms with Crippen molar-refractivity contribution in [1.82, 2.24) is 29.9 Å². The summed E-state index contributed by atoms with van der Waals surface area (Å²) in [4.78, 5) is 15.6. The molecule has 0 aliphatic heterocycles. The van der Waals surface area contributed by atoms with Gasteiger partial charge in [-0.15, -0.1) is 10.2 Å². The van der Waals surface area contributed by atoms with Crippen LogP contribution in [-0.4, -0.2) is 34.9 Å². The van der Waals surface area contributed by atoms with Gasteiger partial charge in [-0.3, -0.25) is 15.2 Å². The molecule has 0 spiro atoms. The van der Waals surface area contributed by atoms with Crippen LogP contribution >= 0.6 is 11.8 Å². The van der Waals surface area contributed by atoms with Gasteiger partial charge < -0.3 is 8.98 Å². The molecule has 2 aromatic carbocycles. The van der Waals surface area contributed by atoms with Crippen LogP contribution in [0.15, 0.2) is 69.3 Å². The molecule has 0 saturated heterocycles. The number of aromatic nitrogens is 6. The first kappa shape index (κ1) is 21.5. The molecule has 1 N–H and O–H groups in total. The Bertz CT molecular complexity index is 1490. The standard InChI is InChI=1S/C22H16FN7O3S/c1-12-9-17(13(2)29(12)16-6-4-15(23)5-7-16)21-27-26-20(33-21)14-3-8-19(18(10-14)30(31)32)34-22-24-11-25-28-22/h3-11H,1-2H3,(H,24,25,28). The van der Waals surface area contributed by atoms with Crippen molar-refractivity contribution in [2.45, 2.75) is 23.9 Å². The van der Waals surface area contributed by atoms with E-state index in [0.29, 0.717) is 21.2 Å². The summed E-state index contributed by atoms with van der Waals surface area (Å²) < 4.78 is 21.2. The fraction of sp³-hybridized carbons (Fsp3) is 0.0909. The van der Waals surface area contributed by atoms with Crippen LogP contribution in [0.3, 0.4) is 0 Å². The molecule has 0 unspecified atom stereocenters. The number of nitro groups is 1. The van der Waals surface area contributed by atoms with Crippen molar-refractivity contribution in [3.8, 4) is 28.6 Å². The van der Waals surface area contributed by atoms with E-state index >= 15 is 0 Å². The Hall–Kier alpha value is -4.32. The summed E-state index contributed by atoms with van der Waals surface area (Å²) in [6, 6.07) is 12.7. The molecule has 0 bridgehead atoms. The molecule has 170 valence electrons. The van der Waals surface area contributed by atoms with Crippen LogP contribution in [0.2, 0.25) is 0 Å². The summed E-state index contributed by atoms with van der Waals surface area (Å²) in [5.74, 6) is 0.118. The predicted molar refractivity (Wildman–Crippen MR) is 121 cm³/mol. The number of nitrogens with zero attached hydrogens (tertiary/aromatic N) is 6. The smallest absolute Gasteiger partial charge is 0.284 e. The van der Waals surface area contributed by atoms with Gasteiger partial charge in [0.05, 0.1) is 15.4 Å². The normalized spacial score (nSPS) is 11.1. The quantitative estimate of drug-likeness (QED) is 0.263. The third kappa shape index (κ3) is 3.94. The third-order valence-electron chi connectivity index (χ3n) is 5.17. The number of hydrogen-bond donors (Lipinski definition) is 1. The van der Waals surface area contributed by atoms with Crippen molar-refractivity contribution in [2.75, 3.05) is 0 Å². The Balaban J connectivity index is 1.49. The highest BCUT2D eigenvalue weighted by molar-refractivity contribution is 7.99. The van der Waals surface area contributed by atoms with Crippen molar-refractivity contribution in [3.05, 3.63) is 82.2 Å². The Morgan fingerprint density at radius 1 is 1.09 bits per heavy atom. The minimum atomic E-state index is -0.476. The molecule has 0 atom stereocenters. The summed E-state index contributed by atoms with van der Waals surface area (Å²) in [5.41, 5.74) is 3.56. The second-order valence-corrected chi connectivity index (χ2v) is 8.37. The zero-order valence-electron chi connectivity index (χ0n) is 17.9.